The topological polar surface area (TPSA) is 57.2 Å². The van der Waals surface area contributed by atoms with E-state index in [4.69, 9.17) is 4.74 Å². The molecule has 0 aromatic heterocycles. The minimum atomic E-state index is -0.191. The third kappa shape index (κ3) is 4.47. The number of piperazine rings is 1. The Morgan fingerprint density at radius 2 is 1.86 bits per heavy atom. The van der Waals surface area contributed by atoms with Gasteiger partial charge in [0.05, 0.1) is 0 Å². The van der Waals surface area contributed by atoms with Crippen molar-refractivity contribution in [3.05, 3.63) is 0 Å². The van der Waals surface area contributed by atoms with Crippen molar-refractivity contribution in [1.29, 1.82) is 0 Å². The Balaban J connectivity index is 0.00000176. The van der Waals surface area contributed by atoms with Crippen LogP contribution in [0.1, 0.15) is 25.7 Å². The van der Waals surface area contributed by atoms with Crippen LogP contribution in [0.2, 0.25) is 0 Å². The Labute approximate surface area is 149 Å². The molecule has 0 spiro atoms. The van der Waals surface area contributed by atoms with Gasteiger partial charge in [0.25, 0.3) is 5.91 Å². The molecule has 0 aromatic rings. The molecule has 2 aliphatic heterocycles. The molecule has 7 heteroatoms. The minimum absolute atomic E-state index is 0. The monoisotopic (exact) mass is 422 g/mol. The molecule has 1 saturated carbocycles. The summed E-state index contributed by atoms with van der Waals surface area (Å²) in [5.74, 6) is 1.99. The van der Waals surface area contributed by atoms with E-state index in [0.29, 0.717) is 0 Å². The van der Waals surface area contributed by atoms with E-state index in [1.165, 1.54) is 12.8 Å². The minimum Gasteiger partial charge on any atom is -0.368 e. The molecular weight excluding hydrogens is 395 g/mol. The second kappa shape index (κ2) is 8.33. The van der Waals surface area contributed by atoms with E-state index in [9.17, 15) is 4.79 Å². The fraction of sp³-hybridized carbons (Fsp3) is 0.867. The van der Waals surface area contributed by atoms with Crippen molar-refractivity contribution in [2.75, 3.05) is 46.4 Å². The molecule has 3 fully saturated rings. The zero-order chi connectivity index (χ0) is 14.7. The van der Waals surface area contributed by atoms with Gasteiger partial charge in [0.1, 0.15) is 6.10 Å². The SMILES string of the molecule is CN=C(NCC1CC1)N1CCN(C(=O)C2CCCO2)CC1.I. The van der Waals surface area contributed by atoms with E-state index < -0.39 is 0 Å². The molecule has 0 radical (unpaired) electrons. The van der Waals surface area contributed by atoms with Gasteiger partial charge in [-0.15, -0.1) is 24.0 Å². The third-order valence-corrected chi connectivity index (χ3v) is 4.55. The van der Waals surface area contributed by atoms with Crippen molar-refractivity contribution in [3.63, 3.8) is 0 Å². The maximum Gasteiger partial charge on any atom is 0.251 e. The highest BCUT2D eigenvalue weighted by atomic mass is 127. The van der Waals surface area contributed by atoms with Gasteiger partial charge in [-0.05, 0) is 31.6 Å². The summed E-state index contributed by atoms with van der Waals surface area (Å²) in [6.45, 7) is 4.99. The van der Waals surface area contributed by atoms with Crippen LogP contribution in [-0.2, 0) is 9.53 Å². The van der Waals surface area contributed by atoms with E-state index >= 15 is 0 Å². The number of amides is 1. The lowest BCUT2D eigenvalue weighted by Gasteiger charge is -2.37. The highest BCUT2D eigenvalue weighted by Gasteiger charge is 2.31. The van der Waals surface area contributed by atoms with Gasteiger partial charge in [0.2, 0.25) is 0 Å². The largest absolute Gasteiger partial charge is 0.368 e. The summed E-state index contributed by atoms with van der Waals surface area (Å²) >= 11 is 0. The quantitative estimate of drug-likeness (QED) is 0.418. The average molecular weight is 422 g/mol. The van der Waals surface area contributed by atoms with Gasteiger partial charge in [-0.3, -0.25) is 9.79 Å². The van der Waals surface area contributed by atoms with E-state index in [2.05, 4.69) is 15.2 Å². The highest BCUT2D eigenvalue weighted by molar-refractivity contribution is 14.0. The number of carbonyl (C=O) groups excluding carboxylic acids is 1. The number of nitrogens with zero attached hydrogens (tertiary/aromatic N) is 3. The molecule has 6 nitrogen and oxygen atoms in total. The highest BCUT2D eigenvalue weighted by Crippen LogP contribution is 2.27. The van der Waals surface area contributed by atoms with Crippen molar-refractivity contribution in [1.82, 2.24) is 15.1 Å². The molecule has 0 aromatic carbocycles. The molecule has 22 heavy (non-hydrogen) atoms. The number of carbonyl (C=O) groups is 1. The first-order chi connectivity index (χ1) is 10.3. The molecule has 126 valence electrons. The summed E-state index contributed by atoms with van der Waals surface area (Å²) in [6, 6.07) is 0. The Hall–Kier alpha value is -0.570. The second-order valence-electron chi connectivity index (χ2n) is 6.19. The predicted molar refractivity (Wildman–Crippen MR) is 96.6 cm³/mol. The van der Waals surface area contributed by atoms with Crippen molar-refractivity contribution in [3.8, 4) is 0 Å². The van der Waals surface area contributed by atoms with E-state index in [0.717, 1.165) is 64.0 Å². The van der Waals surface area contributed by atoms with Gasteiger partial charge in [-0.2, -0.15) is 0 Å². The molecule has 1 N–H and O–H groups in total. The Morgan fingerprint density at radius 3 is 2.41 bits per heavy atom. The summed E-state index contributed by atoms with van der Waals surface area (Å²) in [6.07, 6.45) is 4.38. The van der Waals surface area contributed by atoms with Crippen molar-refractivity contribution in [2.24, 2.45) is 10.9 Å². The van der Waals surface area contributed by atoms with Crippen LogP contribution in [0, 0.1) is 5.92 Å². The van der Waals surface area contributed by atoms with Gasteiger partial charge in [-0.1, -0.05) is 0 Å². The van der Waals surface area contributed by atoms with Crippen LogP contribution in [0.5, 0.6) is 0 Å². The first-order valence-corrected chi connectivity index (χ1v) is 8.14. The van der Waals surface area contributed by atoms with Crippen LogP contribution >= 0.6 is 24.0 Å². The van der Waals surface area contributed by atoms with E-state index in [-0.39, 0.29) is 36.0 Å². The molecule has 2 saturated heterocycles. The number of hydrogen-bond donors (Lipinski definition) is 1. The summed E-state index contributed by atoms with van der Waals surface area (Å²) in [4.78, 5) is 20.9. The van der Waals surface area contributed by atoms with Gasteiger partial charge in [0, 0.05) is 46.4 Å². The van der Waals surface area contributed by atoms with Crippen LogP contribution in [0.4, 0.5) is 0 Å². The van der Waals surface area contributed by atoms with Crippen LogP contribution in [-0.4, -0.2) is 74.1 Å². The lowest BCUT2D eigenvalue weighted by molar-refractivity contribution is -0.142. The van der Waals surface area contributed by atoms with Crippen LogP contribution in [0.25, 0.3) is 0 Å². The summed E-state index contributed by atoms with van der Waals surface area (Å²) in [5, 5.41) is 3.45. The molecule has 3 rings (SSSR count). The van der Waals surface area contributed by atoms with Gasteiger partial charge in [0.15, 0.2) is 5.96 Å². The molecule has 3 aliphatic rings. The number of nitrogens with one attached hydrogen (secondary N) is 1. The first kappa shape index (κ1) is 17.8. The third-order valence-electron chi connectivity index (χ3n) is 4.55. The second-order valence-corrected chi connectivity index (χ2v) is 6.19. The molecule has 0 bridgehead atoms. The summed E-state index contributed by atoms with van der Waals surface area (Å²) in [7, 11) is 1.83. The Morgan fingerprint density at radius 1 is 1.18 bits per heavy atom. The molecule has 2 heterocycles. The zero-order valence-corrected chi connectivity index (χ0v) is 15.6. The smallest absolute Gasteiger partial charge is 0.251 e. The van der Waals surface area contributed by atoms with E-state index in [1.807, 2.05) is 11.9 Å². The summed E-state index contributed by atoms with van der Waals surface area (Å²) in [5.41, 5.74) is 0. The van der Waals surface area contributed by atoms with E-state index in [1.54, 1.807) is 0 Å². The van der Waals surface area contributed by atoms with Crippen LogP contribution in [0.15, 0.2) is 4.99 Å². The number of guanidine groups is 1. The van der Waals surface area contributed by atoms with Crippen LogP contribution < -0.4 is 5.32 Å². The van der Waals surface area contributed by atoms with Gasteiger partial charge < -0.3 is 19.9 Å². The number of ether oxygens (including phenoxy) is 1. The number of hydrogen-bond acceptors (Lipinski definition) is 3. The number of halogens is 1. The molecule has 1 atom stereocenters. The maximum atomic E-state index is 12.3. The normalized spacial score (nSPS) is 25.9. The lowest BCUT2D eigenvalue weighted by atomic mass is 10.2. The summed E-state index contributed by atoms with van der Waals surface area (Å²) < 4.78 is 5.49. The van der Waals surface area contributed by atoms with Gasteiger partial charge in [-0.25, -0.2) is 0 Å². The first-order valence-electron chi connectivity index (χ1n) is 8.14. The van der Waals surface area contributed by atoms with Crippen molar-refractivity contribution in [2.45, 2.75) is 31.8 Å². The number of aliphatic imine (C=N–C) groups is 1. The Kier molecular flexibility index (Phi) is 6.73. The van der Waals surface area contributed by atoms with Crippen LogP contribution in [0.3, 0.4) is 0 Å². The van der Waals surface area contributed by atoms with Gasteiger partial charge >= 0.3 is 0 Å². The molecule has 1 unspecified atom stereocenters. The lowest BCUT2D eigenvalue weighted by Crippen LogP contribution is -2.55. The number of rotatable bonds is 3. The fourth-order valence-corrected chi connectivity index (χ4v) is 3.00. The average Bonchev–Trinajstić information content (AvgIpc) is 3.19. The molecule has 1 amide bonds. The van der Waals surface area contributed by atoms with Crippen molar-refractivity contribution < 1.29 is 9.53 Å². The molecular formula is C15H27IN4O2. The predicted octanol–water partition coefficient (Wildman–Crippen LogP) is 0.913. The zero-order valence-electron chi connectivity index (χ0n) is 13.3. The maximum absolute atomic E-state index is 12.3. The van der Waals surface area contributed by atoms with Crippen molar-refractivity contribution >= 4 is 35.8 Å². The standard InChI is InChI=1S/C15H26N4O2.HI/c1-16-15(17-11-12-4-5-12)19-8-6-18(7-9-19)14(20)13-3-2-10-21-13;/h12-13H,2-11H2,1H3,(H,16,17);1H. The Bertz CT molecular complexity index is 400. The fourth-order valence-electron chi connectivity index (χ4n) is 3.00. The molecule has 1 aliphatic carbocycles.